The Morgan fingerprint density at radius 3 is 1.50 bits per heavy atom. The van der Waals surface area contributed by atoms with Gasteiger partial charge < -0.3 is 14.2 Å². The summed E-state index contributed by atoms with van der Waals surface area (Å²) in [6.45, 7) is 22.5. The van der Waals surface area contributed by atoms with Gasteiger partial charge in [0.1, 0.15) is 0 Å². The van der Waals surface area contributed by atoms with Crippen LogP contribution < -0.4 is 0 Å². The second-order valence-corrected chi connectivity index (χ2v) is 16.8. The molecule has 0 radical (unpaired) electrons. The first-order chi connectivity index (χ1) is 17.0. The molecular weight excluding hydrogens is 505 g/mol. The van der Waals surface area contributed by atoms with E-state index in [1.165, 1.54) is 49.4 Å². The molecule has 216 valence electrons. The lowest BCUT2D eigenvalue weighted by atomic mass is 9.76. The van der Waals surface area contributed by atoms with Crippen LogP contribution in [0.1, 0.15) is 114 Å². The molecule has 1 saturated heterocycles. The highest BCUT2D eigenvalue weighted by Gasteiger charge is 2.46. The monoisotopic (exact) mass is 564 g/mol. The summed E-state index contributed by atoms with van der Waals surface area (Å²) in [5.41, 5.74) is 0. The molecule has 0 aromatic carbocycles. The van der Waals surface area contributed by atoms with Gasteiger partial charge >= 0.3 is 0 Å². The molecule has 0 amide bonds. The Kier molecular flexibility index (Phi) is 19.3. The van der Waals surface area contributed by atoms with Crippen molar-refractivity contribution in [3.8, 4) is 0 Å². The van der Waals surface area contributed by atoms with Gasteiger partial charge in [-0.15, -0.1) is 0 Å². The average molecular weight is 565 g/mol. The van der Waals surface area contributed by atoms with Crippen LogP contribution in [0.4, 0.5) is 0 Å². The summed E-state index contributed by atoms with van der Waals surface area (Å²) in [7, 11) is 0. The molecule has 3 unspecified atom stereocenters. The summed E-state index contributed by atoms with van der Waals surface area (Å²) in [6, 6.07) is 0. The van der Waals surface area contributed by atoms with Crippen molar-refractivity contribution >= 4 is 35.3 Å². The first-order valence-corrected chi connectivity index (χ1v) is 18.0. The lowest BCUT2D eigenvalue weighted by molar-refractivity contribution is -0.292. The third kappa shape index (κ3) is 15.5. The van der Waals surface area contributed by atoms with E-state index < -0.39 is 0 Å². The lowest BCUT2D eigenvalue weighted by Crippen LogP contribution is -2.54. The van der Waals surface area contributed by atoms with Crippen LogP contribution in [-0.2, 0) is 14.2 Å². The molecule has 1 aliphatic rings. The highest BCUT2D eigenvalue weighted by atomic mass is 32.2. The number of unbranched alkanes of at least 4 members (excludes halogenated alkanes) is 1. The second kappa shape index (κ2) is 19.9. The van der Waals surface area contributed by atoms with Gasteiger partial charge in [0.05, 0.1) is 24.4 Å². The van der Waals surface area contributed by atoms with Gasteiger partial charge in [-0.2, -0.15) is 35.3 Å². The Bertz CT molecular complexity index is 528. The standard InChI is InChI=1S/C30H60O3S3/c1-21(2)31-29-26(15-13-19-35-24(7)8)27(16-14-20-36-25(9)10)30(32-22(3)4)33-28(29)17-11-12-18-34-23(5)6/h21-30H,11-20H2,1-10H3/t26?,27?,28?,29-,30-/m0/s1. The van der Waals surface area contributed by atoms with E-state index in [0.717, 1.165) is 12.8 Å². The van der Waals surface area contributed by atoms with E-state index in [2.05, 4.69) is 105 Å². The minimum atomic E-state index is -0.112. The first-order valence-electron chi connectivity index (χ1n) is 14.8. The molecule has 1 aliphatic heterocycles. The predicted molar refractivity (Wildman–Crippen MR) is 167 cm³/mol. The number of ether oxygens (including phenoxy) is 3. The third-order valence-electron chi connectivity index (χ3n) is 6.43. The summed E-state index contributed by atoms with van der Waals surface area (Å²) in [5, 5.41) is 2.09. The number of hydrogen-bond acceptors (Lipinski definition) is 6. The van der Waals surface area contributed by atoms with Crippen molar-refractivity contribution in [1.29, 1.82) is 0 Å². The maximum Gasteiger partial charge on any atom is 0.161 e. The van der Waals surface area contributed by atoms with Crippen molar-refractivity contribution in [1.82, 2.24) is 0 Å². The molecule has 0 aromatic heterocycles. The molecule has 3 nitrogen and oxygen atoms in total. The quantitative estimate of drug-likeness (QED) is 0.137. The molecular formula is C30H60O3S3. The highest BCUT2D eigenvalue weighted by molar-refractivity contribution is 8.00. The van der Waals surface area contributed by atoms with Gasteiger partial charge in [0.15, 0.2) is 6.29 Å². The fourth-order valence-electron chi connectivity index (χ4n) is 4.98. The first kappa shape index (κ1) is 35.0. The maximum absolute atomic E-state index is 6.84. The average Bonchev–Trinajstić information content (AvgIpc) is 2.75. The van der Waals surface area contributed by atoms with Crippen molar-refractivity contribution in [3.63, 3.8) is 0 Å². The number of thioether (sulfide) groups is 3. The van der Waals surface area contributed by atoms with Crippen LogP contribution in [0.15, 0.2) is 0 Å². The molecule has 36 heavy (non-hydrogen) atoms. The zero-order chi connectivity index (χ0) is 27.1. The van der Waals surface area contributed by atoms with E-state index in [-0.39, 0.29) is 30.7 Å². The van der Waals surface area contributed by atoms with Gasteiger partial charge in [-0.05, 0) is 112 Å². The smallest absolute Gasteiger partial charge is 0.161 e. The fourth-order valence-corrected chi connectivity index (χ4v) is 7.43. The van der Waals surface area contributed by atoms with E-state index >= 15 is 0 Å². The Morgan fingerprint density at radius 1 is 0.556 bits per heavy atom. The molecule has 0 aromatic rings. The molecule has 0 aliphatic carbocycles. The number of hydrogen-bond donors (Lipinski definition) is 0. The molecule has 0 saturated carbocycles. The highest BCUT2D eigenvalue weighted by Crippen LogP contribution is 2.42. The van der Waals surface area contributed by atoms with Gasteiger partial charge in [-0.1, -0.05) is 41.5 Å². The van der Waals surface area contributed by atoms with Crippen molar-refractivity contribution in [2.75, 3.05) is 17.3 Å². The molecule has 0 bridgehead atoms. The van der Waals surface area contributed by atoms with Crippen LogP contribution in [0.5, 0.6) is 0 Å². The van der Waals surface area contributed by atoms with Crippen molar-refractivity contribution < 1.29 is 14.2 Å². The van der Waals surface area contributed by atoms with Crippen molar-refractivity contribution in [3.05, 3.63) is 0 Å². The summed E-state index contributed by atoms with van der Waals surface area (Å²) >= 11 is 6.23. The van der Waals surface area contributed by atoms with Gasteiger partial charge in [0, 0.05) is 5.92 Å². The lowest BCUT2D eigenvalue weighted by Gasteiger charge is -2.48. The SMILES string of the molecule is CC(C)O[C@H]1OC(CCCCSC(C)C)[C@@H](OC(C)C)C(CCCSC(C)C)C1CCCSC(C)C. The van der Waals surface area contributed by atoms with Crippen LogP contribution in [0.25, 0.3) is 0 Å². The minimum absolute atomic E-state index is 0.112. The summed E-state index contributed by atoms with van der Waals surface area (Å²) < 4.78 is 20.1. The molecule has 0 spiro atoms. The number of rotatable bonds is 20. The normalized spacial score (nSPS) is 25.2. The van der Waals surface area contributed by atoms with E-state index in [0.29, 0.717) is 27.6 Å². The Hall–Kier alpha value is 0.930. The molecule has 1 rings (SSSR count). The van der Waals surface area contributed by atoms with Crippen LogP contribution in [0.3, 0.4) is 0 Å². The topological polar surface area (TPSA) is 27.7 Å². The zero-order valence-corrected chi connectivity index (χ0v) is 27.7. The zero-order valence-electron chi connectivity index (χ0n) is 25.3. The van der Waals surface area contributed by atoms with E-state index in [9.17, 15) is 0 Å². The van der Waals surface area contributed by atoms with E-state index in [4.69, 9.17) is 14.2 Å². The molecule has 0 N–H and O–H groups in total. The summed E-state index contributed by atoms with van der Waals surface area (Å²) in [6.07, 6.45) is 8.92. The molecule has 1 heterocycles. The fraction of sp³-hybridized carbons (Fsp3) is 1.00. The van der Waals surface area contributed by atoms with Gasteiger partial charge in [0.25, 0.3) is 0 Å². The van der Waals surface area contributed by atoms with Crippen LogP contribution in [0, 0.1) is 11.8 Å². The second-order valence-electron chi connectivity index (χ2n) is 11.7. The third-order valence-corrected chi connectivity index (χ3v) is 10.0. The van der Waals surface area contributed by atoms with E-state index in [1.807, 2.05) is 0 Å². The Balaban J connectivity index is 3.05. The Morgan fingerprint density at radius 2 is 1.03 bits per heavy atom. The maximum atomic E-state index is 6.84. The molecule has 6 heteroatoms. The van der Waals surface area contributed by atoms with Gasteiger partial charge in [-0.25, -0.2) is 0 Å². The van der Waals surface area contributed by atoms with Crippen LogP contribution in [0.2, 0.25) is 0 Å². The Labute approximate surface area is 238 Å². The summed E-state index contributed by atoms with van der Waals surface area (Å²) in [5.74, 6) is 4.58. The van der Waals surface area contributed by atoms with Crippen molar-refractivity contribution in [2.45, 2.75) is 161 Å². The summed E-state index contributed by atoms with van der Waals surface area (Å²) in [4.78, 5) is 0. The van der Waals surface area contributed by atoms with Gasteiger partial charge in [0.2, 0.25) is 0 Å². The predicted octanol–water partition coefficient (Wildman–Crippen LogP) is 9.32. The molecule has 1 fully saturated rings. The van der Waals surface area contributed by atoms with Crippen molar-refractivity contribution in [2.24, 2.45) is 11.8 Å². The van der Waals surface area contributed by atoms with Crippen LogP contribution in [-0.4, -0.2) is 63.7 Å². The van der Waals surface area contributed by atoms with E-state index in [1.54, 1.807) is 0 Å². The largest absolute Gasteiger partial charge is 0.373 e. The molecule has 5 atom stereocenters. The minimum Gasteiger partial charge on any atom is -0.373 e. The van der Waals surface area contributed by atoms with Crippen LogP contribution >= 0.6 is 35.3 Å². The van der Waals surface area contributed by atoms with Gasteiger partial charge in [-0.3, -0.25) is 0 Å².